The molecule has 0 saturated carbocycles. The third-order valence-corrected chi connectivity index (χ3v) is 5.43. The molecule has 1 heterocycles. The van der Waals surface area contributed by atoms with Gasteiger partial charge in [-0.25, -0.2) is 8.42 Å². The first kappa shape index (κ1) is 16.4. The second kappa shape index (κ2) is 6.44. The molecule has 1 aliphatic rings. The minimum atomic E-state index is -3.47. The van der Waals surface area contributed by atoms with Crippen LogP contribution >= 0.6 is 0 Å². The number of aliphatic hydroxyl groups is 1. The molecule has 1 saturated heterocycles. The van der Waals surface area contributed by atoms with Gasteiger partial charge in [0, 0.05) is 19.7 Å². The van der Waals surface area contributed by atoms with E-state index in [-0.39, 0.29) is 6.61 Å². The van der Waals surface area contributed by atoms with Crippen molar-refractivity contribution in [3.63, 3.8) is 0 Å². The van der Waals surface area contributed by atoms with Gasteiger partial charge in [0.1, 0.15) is 0 Å². The minimum absolute atomic E-state index is 0.142. The zero-order valence-electron chi connectivity index (χ0n) is 12.6. The minimum Gasteiger partial charge on any atom is -0.396 e. The summed E-state index contributed by atoms with van der Waals surface area (Å²) in [5.74, 6) is 0. The van der Waals surface area contributed by atoms with Gasteiger partial charge in [-0.05, 0) is 44.4 Å². The number of rotatable bonds is 5. The van der Waals surface area contributed by atoms with Crippen molar-refractivity contribution in [3.8, 4) is 0 Å². The topological polar surface area (TPSA) is 66.8 Å². The molecule has 118 valence electrons. The Morgan fingerprint density at radius 3 is 2.52 bits per heavy atom. The molecule has 1 aromatic rings. The summed E-state index contributed by atoms with van der Waals surface area (Å²) in [6, 6.07) is 6.91. The summed E-state index contributed by atoms with van der Waals surface area (Å²) in [6.45, 7) is 5.10. The summed E-state index contributed by atoms with van der Waals surface area (Å²) in [5.41, 5.74) is 0.581. The lowest BCUT2D eigenvalue weighted by molar-refractivity contribution is -0.0640. The number of aryl methyl sites for hydroxylation is 1. The standard InChI is InChI=1S/C15H23NO4S/c1-15(2)12-16(9-11-20-15)21(18,19)14-7-5-13(6-8-14)4-3-10-17/h5-8,17H,3-4,9-12H2,1-2H3. The molecule has 5 nitrogen and oxygen atoms in total. The fourth-order valence-electron chi connectivity index (χ4n) is 2.44. The molecule has 0 atom stereocenters. The monoisotopic (exact) mass is 313 g/mol. The first-order valence-electron chi connectivity index (χ1n) is 7.19. The van der Waals surface area contributed by atoms with E-state index in [1.165, 1.54) is 4.31 Å². The molecule has 0 radical (unpaired) electrons. The van der Waals surface area contributed by atoms with Crippen LogP contribution in [0.5, 0.6) is 0 Å². The maximum Gasteiger partial charge on any atom is 0.243 e. The van der Waals surface area contributed by atoms with E-state index in [0.717, 1.165) is 12.0 Å². The van der Waals surface area contributed by atoms with Crippen LogP contribution in [0, 0.1) is 0 Å². The second-order valence-corrected chi connectivity index (χ2v) is 7.86. The summed E-state index contributed by atoms with van der Waals surface area (Å²) < 4.78 is 32.3. The summed E-state index contributed by atoms with van der Waals surface area (Å²) in [4.78, 5) is 0.313. The molecule has 0 unspecified atom stereocenters. The van der Waals surface area contributed by atoms with E-state index in [9.17, 15) is 8.42 Å². The van der Waals surface area contributed by atoms with Crippen LogP contribution in [-0.4, -0.2) is 49.7 Å². The number of ether oxygens (including phenoxy) is 1. The van der Waals surface area contributed by atoms with Gasteiger partial charge in [0.05, 0.1) is 17.1 Å². The van der Waals surface area contributed by atoms with Gasteiger partial charge in [0.15, 0.2) is 0 Å². The van der Waals surface area contributed by atoms with Gasteiger partial charge in [0.25, 0.3) is 0 Å². The lowest BCUT2D eigenvalue weighted by Gasteiger charge is -2.37. The Kier molecular flexibility index (Phi) is 5.03. The number of aliphatic hydroxyl groups excluding tert-OH is 1. The Bertz CT molecular complexity index is 566. The van der Waals surface area contributed by atoms with Gasteiger partial charge >= 0.3 is 0 Å². The van der Waals surface area contributed by atoms with E-state index < -0.39 is 15.6 Å². The van der Waals surface area contributed by atoms with E-state index in [1.54, 1.807) is 12.1 Å². The van der Waals surface area contributed by atoms with Crippen LogP contribution in [0.1, 0.15) is 25.8 Å². The highest BCUT2D eigenvalue weighted by Gasteiger charge is 2.34. The maximum absolute atomic E-state index is 12.6. The van der Waals surface area contributed by atoms with E-state index in [0.29, 0.717) is 31.0 Å². The average Bonchev–Trinajstić information content (AvgIpc) is 2.44. The number of nitrogens with zero attached hydrogens (tertiary/aromatic N) is 1. The lowest BCUT2D eigenvalue weighted by atomic mass is 10.1. The zero-order valence-corrected chi connectivity index (χ0v) is 13.4. The number of hydrogen-bond donors (Lipinski definition) is 1. The molecular weight excluding hydrogens is 290 g/mol. The number of sulfonamides is 1. The van der Waals surface area contributed by atoms with Gasteiger partial charge < -0.3 is 9.84 Å². The van der Waals surface area contributed by atoms with Crippen molar-refractivity contribution in [3.05, 3.63) is 29.8 Å². The highest BCUT2D eigenvalue weighted by atomic mass is 32.2. The van der Waals surface area contributed by atoms with E-state index in [1.807, 2.05) is 26.0 Å². The smallest absolute Gasteiger partial charge is 0.243 e. The molecule has 0 aromatic heterocycles. The molecule has 0 amide bonds. The predicted octanol–water partition coefficient (Wildman–Crippen LogP) is 1.41. The van der Waals surface area contributed by atoms with Crippen LogP contribution in [0.2, 0.25) is 0 Å². The van der Waals surface area contributed by atoms with Crippen LogP contribution in [0.15, 0.2) is 29.2 Å². The van der Waals surface area contributed by atoms with E-state index in [2.05, 4.69) is 0 Å². The third-order valence-electron chi connectivity index (χ3n) is 3.58. The first-order chi connectivity index (χ1) is 9.85. The lowest BCUT2D eigenvalue weighted by Crippen LogP contribution is -2.50. The van der Waals surface area contributed by atoms with Crippen molar-refractivity contribution in [2.45, 2.75) is 37.2 Å². The second-order valence-electron chi connectivity index (χ2n) is 5.92. The first-order valence-corrected chi connectivity index (χ1v) is 8.63. The Morgan fingerprint density at radius 1 is 1.29 bits per heavy atom. The van der Waals surface area contributed by atoms with Crippen LogP contribution in [-0.2, 0) is 21.2 Å². The quantitative estimate of drug-likeness (QED) is 0.892. The predicted molar refractivity (Wildman–Crippen MR) is 80.6 cm³/mol. The van der Waals surface area contributed by atoms with Gasteiger partial charge in [-0.1, -0.05) is 12.1 Å². The SMILES string of the molecule is CC1(C)CN(S(=O)(=O)c2ccc(CCCO)cc2)CCO1. The molecule has 0 bridgehead atoms. The number of benzene rings is 1. The van der Waals surface area contributed by atoms with Crippen molar-refractivity contribution < 1.29 is 18.3 Å². The van der Waals surface area contributed by atoms with Gasteiger partial charge in [0.2, 0.25) is 10.0 Å². The molecule has 1 N–H and O–H groups in total. The van der Waals surface area contributed by atoms with Crippen molar-refractivity contribution >= 4 is 10.0 Å². The highest BCUT2D eigenvalue weighted by Crippen LogP contribution is 2.23. The Balaban J connectivity index is 2.15. The Labute approximate surface area is 126 Å². The van der Waals surface area contributed by atoms with Crippen LogP contribution < -0.4 is 0 Å². The number of hydrogen-bond acceptors (Lipinski definition) is 4. The van der Waals surface area contributed by atoms with E-state index >= 15 is 0 Å². The molecule has 1 fully saturated rings. The summed E-state index contributed by atoms with van der Waals surface area (Å²) in [6.07, 6.45) is 1.44. The van der Waals surface area contributed by atoms with Crippen molar-refractivity contribution in [1.29, 1.82) is 0 Å². The van der Waals surface area contributed by atoms with Crippen LogP contribution in [0.3, 0.4) is 0 Å². The molecule has 21 heavy (non-hydrogen) atoms. The summed E-state index contributed by atoms with van der Waals surface area (Å²) in [5, 5.41) is 8.82. The maximum atomic E-state index is 12.6. The van der Waals surface area contributed by atoms with Crippen LogP contribution in [0.25, 0.3) is 0 Å². The largest absolute Gasteiger partial charge is 0.396 e. The molecule has 1 aromatic carbocycles. The molecule has 2 rings (SSSR count). The van der Waals surface area contributed by atoms with Gasteiger partial charge in [-0.2, -0.15) is 4.31 Å². The Morgan fingerprint density at radius 2 is 1.95 bits per heavy atom. The molecule has 0 aliphatic carbocycles. The van der Waals surface area contributed by atoms with Crippen molar-refractivity contribution in [2.75, 3.05) is 26.3 Å². The van der Waals surface area contributed by atoms with Crippen LogP contribution in [0.4, 0.5) is 0 Å². The fourth-order valence-corrected chi connectivity index (χ4v) is 4.01. The van der Waals surface area contributed by atoms with Gasteiger partial charge in [-0.15, -0.1) is 0 Å². The summed E-state index contributed by atoms with van der Waals surface area (Å²) >= 11 is 0. The third kappa shape index (κ3) is 4.03. The van der Waals surface area contributed by atoms with Crippen molar-refractivity contribution in [1.82, 2.24) is 4.31 Å². The molecule has 6 heteroatoms. The Hall–Kier alpha value is -0.950. The van der Waals surface area contributed by atoms with Gasteiger partial charge in [-0.3, -0.25) is 0 Å². The fraction of sp³-hybridized carbons (Fsp3) is 0.600. The average molecular weight is 313 g/mol. The highest BCUT2D eigenvalue weighted by molar-refractivity contribution is 7.89. The molecule has 1 aliphatic heterocycles. The van der Waals surface area contributed by atoms with Crippen molar-refractivity contribution in [2.24, 2.45) is 0 Å². The molecular formula is C15H23NO4S. The summed E-state index contributed by atoms with van der Waals surface area (Å²) in [7, 11) is -3.47. The number of morpholine rings is 1. The molecule has 0 spiro atoms. The normalized spacial score (nSPS) is 19.6. The van der Waals surface area contributed by atoms with E-state index in [4.69, 9.17) is 9.84 Å². The zero-order chi connectivity index (χ0) is 15.5.